The van der Waals surface area contributed by atoms with Crippen molar-refractivity contribution in [1.82, 2.24) is 4.90 Å². The lowest BCUT2D eigenvalue weighted by atomic mass is 10.0. The molecular formula is C25H25F3N2O3S. The van der Waals surface area contributed by atoms with Crippen molar-refractivity contribution in [3.05, 3.63) is 59.2 Å². The van der Waals surface area contributed by atoms with Crippen LogP contribution in [-0.2, 0) is 27.2 Å². The average Bonchev–Trinajstić information content (AvgIpc) is 3.56. The van der Waals surface area contributed by atoms with Crippen molar-refractivity contribution in [1.29, 1.82) is 0 Å². The number of hydrogen-bond acceptors (Lipinski definition) is 4. The Labute approximate surface area is 200 Å². The fourth-order valence-corrected chi connectivity index (χ4v) is 6.78. The first kappa shape index (κ1) is 23.1. The smallest absolute Gasteiger partial charge is 0.416 e. The van der Waals surface area contributed by atoms with Crippen LogP contribution < -0.4 is 9.64 Å². The van der Waals surface area contributed by atoms with Crippen LogP contribution in [0.4, 0.5) is 18.9 Å². The molecule has 1 atom stereocenters. The Hall–Kier alpha value is -2.68. The van der Waals surface area contributed by atoms with E-state index < -0.39 is 16.6 Å². The Balaban J connectivity index is 1.56. The van der Waals surface area contributed by atoms with Gasteiger partial charge in [0.05, 0.1) is 24.9 Å². The number of fused-ring (bicyclic) bond motifs is 2. The molecule has 2 heterocycles. The minimum Gasteiger partial charge on any atom is -0.497 e. The zero-order valence-electron chi connectivity index (χ0n) is 18.7. The standard InChI is InChI=1S/C25H25F3N2O3S/c1-33-19-9-10-21-20(14-19)24(30(11-12-34-24)22(31)17-6-2-3-7-17)23(32)29(21)15-16-5-4-8-18(13-16)25(26,27)28/h4-5,8-10,13-14,17H,2-3,6-7,11-12,15H2,1H3/t24-/m1/s1. The summed E-state index contributed by atoms with van der Waals surface area (Å²) in [7, 11) is 1.54. The van der Waals surface area contributed by atoms with Gasteiger partial charge in [0.25, 0.3) is 5.91 Å². The summed E-state index contributed by atoms with van der Waals surface area (Å²) in [5.41, 5.74) is 0.882. The third kappa shape index (κ3) is 3.65. The molecule has 0 aromatic heterocycles. The van der Waals surface area contributed by atoms with Crippen molar-refractivity contribution in [2.45, 2.75) is 43.3 Å². The zero-order valence-corrected chi connectivity index (χ0v) is 19.5. The van der Waals surface area contributed by atoms with E-state index in [2.05, 4.69) is 0 Å². The number of nitrogens with zero attached hydrogens (tertiary/aromatic N) is 2. The Kier molecular flexibility index (Phi) is 5.78. The maximum Gasteiger partial charge on any atom is 0.416 e. The summed E-state index contributed by atoms with van der Waals surface area (Å²) in [5, 5.41) is 0. The number of methoxy groups -OCH3 is 1. The van der Waals surface area contributed by atoms with E-state index in [1.807, 2.05) is 0 Å². The first-order valence-corrected chi connectivity index (χ1v) is 12.4. The van der Waals surface area contributed by atoms with E-state index in [0.29, 0.717) is 34.9 Å². The molecule has 2 aliphatic heterocycles. The van der Waals surface area contributed by atoms with Gasteiger partial charge in [0.1, 0.15) is 5.75 Å². The maximum absolute atomic E-state index is 14.1. The van der Waals surface area contributed by atoms with Crippen LogP contribution in [0.3, 0.4) is 0 Å². The Morgan fingerprint density at radius 3 is 2.65 bits per heavy atom. The number of benzene rings is 2. The third-order valence-electron chi connectivity index (χ3n) is 6.97. The minimum atomic E-state index is -4.47. The number of amides is 2. The number of carbonyl (C=O) groups excluding carboxylic acids is 2. The van der Waals surface area contributed by atoms with Gasteiger partial charge in [0.2, 0.25) is 5.91 Å². The molecule has 5 nitrogen and oxygen atoms in total. The molecule has 0 N–H and O–H groups in total. The van der Waals surface area contributed by atoms with Crippen molar-refractivity contribution >= 4 is 29.3 Å². The summed E-state index contributed by atoms with van der Waals surface area (Å²) in [4.78, 5) is 29.6. The van der Waals surface area contributed by atoms with Crippen LogP contribution in [0.2, 0.25) is 0 Å². The number of anilines is 1. The molecule has 0 bridgehead atoms. The normalized spacial score (nSPS) is 22.6. The zero-order chi connectivity index (χ0) is 24.1. The topological polar surface area (TPSA) is 49.9 Å². The first-order chi connectivity index (χ1) is 16.3. The van der Waals surface area contributed by atoms with E-state index in [0.717, 1.165) is 37.8 Å². The lowest BCUT2D eigenvalue weighted by Crippen LogP contribution is -2.51. The molecule has 1 saturated heterocycles. The highest BCUT2D eigenvalue weighted by Crippen LogP contribution is 2.56. The molecule has 1 aliphatic carbocycles. The second kappa shape index (κ2) is 8.52. The van der Waals surface area contributed by atoms with Gasteiger partial charge in [-0.3, -0.25) is 9.59 Å². The number of hydrogen-bond donors (Lipinski definition) is 0. The van der Waals surface area contributed by atoms with Gasteiger partial charge in [0, 0.05) is 23.8 Å². The predicted octanol–water partition coefficient (Wildman–Crippen LogP) is 5.18. The Morgan fingerprint density at radius 2 is 1.94 bits per heavy atom. The average molecular weight is 491 g/mol. The highest BCUT2D eigenvalue weighted by molar-refractivity contribution is 8.01. The number of carbonyl (C=O) groups is 2. The van der Waals surface area contributed by atoms with E-state index in [1.165, 1.54) is 29.8 Å². The molecule has 0 unspecified atom stereocenters. The van der Waals surface area contributed by atoms with Gasteiger partial charge in [-0.2, -0.15) is 13.2 Å². The van der Waals surface area contributed by atoms with Crippen LogP contribution in [0.5, 0.6) is 5.75 Å². The molecule has 0 radical (unpaired) electrons. The van der Waals surface area contributed by atoms with Crippen LogP contribution in [0, 0.1) is 5.92 Å². The Bertz CT molecular complexity index is 1130. The largest absolute Gasteiger partial charge is 0.497 e. The molecule has 1 spiro atoms. The number of rotatable bonds is 4. The summed E-state index contributed by atoms with van der Waals surface area (Å²) in [6.07, 6.45) is -0.815. The lowest BCUT2D eigenvalue weighted by molar-refractivity contribution is -0.143. The van der Waals surface area contributed by atoms with E-state index in [1.54, 1.807) is 29.2 Å². The van der Waals surface area contributed by atoms with Crippen LogP contribution in [0.15, 0.2) is 42.5 Å². The summed E-state index contributed by atoms with van der Waals surface area (Å²) >= 11 is 1.42. The Morgan fingerprint density at radius 1 is 1.18 bits per heavy atom. The molecule has 9 heteroatoms. The number of ether oxygens (including phenoxy) is 1. The molecule has 180 valence electrons. The monoisotopic (exact) mass is 490 g/mol. The summed E-state index contributed by atoms with van der Waals surface area (Å²) < 4.78 is 45.2. The summed E-state index contributed by atoms with van der Waals surface area (Å²) in [6, 6.07) is 10.3. The first-order valence-electron chi connectivity index (χ1n) is 11.4. The quantitative estimate of drug-likeness (QED) is 0.593. The molecule has 2 fully saturated rings. The fourth-order valence-electron chi connectivity index (χ4n) is 5.32. The van der Waals surface area contributed by atoms with Crippen LogP contribution in [-0.4, -0.2) is 36.1 Å². The van der Waals surface area contributed by atoms with E-state index in [9.17, 15) is 22.8 Å². The molecule has 5 rings (SSSR count). The highest BCUT2D eigenvalue weighted by atomic mass is 32.2. The molecule has 3 aliphatic rings. The maximum atomic E-state index is 14.1. The van der Waals surface area contributed by atoms with Crippen LogP contribution >= 0.6 is 11.8 Å². The van der Waals surface area contributed by atoms with Crippen LogP contribution in [0.25, 0.3) is 0 Å². The van der Waals surface area contributed by atoms with Gasteiger partial charge >= 0.3 is 6.18 Å². The van der Waals surface area contributed by atoms with Gasteiger partial charge < -0.3 is 14.5 Å². The molecular weight excluding hydrogens is 465 g/mol. The predicted molar refractivity (Wildman–Crippen MR) is 123 cm³/mol. The van der Waals surface area contributed by atoms with Crippen molar-refractivity contribution in [2.75, 3.05) is 24.3 Å². The molecule has 2 amide bonds. The lowest BCUT2D eigenvalue weighted by Gasteiger charge is -2.35. The number of alkyl halides is 3. The van der Waals surface area contributed by atoms with Crippen molar-refractivity contribution in [3.63, 3.8) is 0 Å². The number of thioether (sulfide) groups is 1. The summed E-state index contributed by atoms with van der Waals surface area (Å²) in [6.45, 7) is 0.440. The van der Waals surface area contributed by atoms with E-state index in [-0.39, 0.29) is 24.3 Å². The van der Waals surface area contributed by atoms with Crippen molar-refractivity contribution < 1.29 is 27.5 Å². The van der Waals surface area contributed by atoms with Crippen molar-refractivity contribution in [3.8, 4) is 5.75 Å². The third-order valence-corrected chi connectivity index (χ3v) is 8.39. The second-order valence-corrected chi connectivity index (χ2v) is 10.2. The van der Waals surface area contributed by atoms with Crippen molar-refractivity contribution in [2.24, 2.45) is 5.92 Å². The minimum absolute atomic E-state index is 0.00876. The SMILES string of the molecule is COc1ccc2c(c1)[C@@]1(SCCN1C(=O)C1CCCC1)C(=O)N2Cc1cccc(C(F)(F)F)c1. The highest BCUT2D eigenvalue weighted by Gasteiger charge is 2.60. The molecule has 1 saturated carbocycles. The van der Waals surface area contributed by atoms with Gasteiger partial charge in [-0.05, 0) is 48.7 Å². The summed E-state index contributed by atoms with van der Waals surface area (Å²) in [5.74, 6) is 0.785. The van der Waals surface area contributed by atoms with Gasteiger partial charge in [-0.1, -0.05) is 25.0 Å². The van der Waals surface area contributed by atoms with Gasteiger partial charge in [-0.25, -0.2) is 0 Å². The van der Waals surface area contributed by atoms with E-state index in [4.69, 9.17) is 4.74 Å². The van der Waals surface area contributed by atoms with E-state index >= 15 is 0 Å². The number of halogens is 3. The molecule has 34 heavy (non-hydrogen) atoms. The van der Waals surface area contributed by atoms with Gasteiger partial charge in [-0.15, -0.1) is 11.8 Å². The fraction of sp³-hybridized carbons (Fsp3) is 0.440. The molecule has 2 aromatic rings. The van der Waals surface area contributed by atoms with Gasteiger partial charge in [0.15, 0.2) is 4.87 Å². The second-order valence-electron chi connectivity index (χ2n) is 8.94. The van der Waals surface area contributed by atoms with Crippen LogP contribution in [0.1, 0.15) is 42.4 Å². The molecule has 2 aromatic carbocycles.